The minimum atomic E-state index is 0.643. The van der Waals surface area contributed by atoms with Gasteiger partial charge in [0.05, 0.1) is 22.1 Å². The Morgan fingerprint density at radius 2 is 0.879 bits per heavy atom. The van der Waals surface area contributed by atoms with Crippen molar-refractivity contribution in [2.24, 2.45) is 0 Å². The molecule has 0 fully saturated rings. The first-order valence-corrected chi connectivity index (χ1v) is 19.9. The minimum absolute atomic E-state index is 0.643. The van der Waals surface area contributed by atoms with Crippen LogP contribution in [0.15, 0.2) is 188 Å². The van der Waals surface area contributed by atoms with Gasteiger partial charge in [0.1, 0.15) is 0 Å². The number of hydrogen-bond acceptors (Lipinski definition) is 3. The maximum atomic E-state index is 5.08. The molecule has 0 N–H and O–H groups in total. The molecule has 0 bridgehead atoms. The summed E-state index contributed by atoms with van der Waals surface area (Å²) in [6, 6.07) is 66.9. The van der Waals surface area contributed by atoms with E-state index in [4.69, 9.17) is 15.0 Å². The monoisotopic (exact) mass is 741 g/mol. The largest absolute Gasteiger partial charge is 0.309 e. The van der Waals surface area contributed by atoms with Crippen molar-refractivity contribution in [3.8, 4) is 56.7 Å². The summed E-state index contributed by atoms with van der Waals surface area (Å²) < 4.78 is 4.98. The summed E-state index contributed by atoms with van der Waals surface area (Å²) in [6.07, 6.45) is 1.96. The predicted molar refractivity (Wildman–Crippen MR) is 238 cm³/mol. The highest BCUT2D eigenvalue weighted by Gasteiger charge is 2.27. The van der Waals surface area contributed by atoms with Gasteiger partial charge in [-0.25, -0.2) is 15.0 Å². The van der Waals surface area contributed by atoms with Crippen molar-refractivity contribution in [2.75, 3.05) is 0 Å². The standard InChI is InChI=1S/C53H35N5/c1-4-15-34(16-5-1)38-22-12-25-41(31-38)58-45-27-11-10-26-42(45)44-33-47-49-43(50(44)58)30-29-35-21-14-28-46(48(35)49)57(47)40-24-13-23-39(32-40)53-55-51(36-17-6-2-7-18-36)54-52(56-53)37-19-8-3-9-20-37/h1-28,31-33H,29-30H2. The first-order valence-electron chi connectivity index (χ1n) is 19.9. The van der Waals surface area contributed by atoms with Gasteiger partial charge >= 0.3 is 0 Å². The molecule has 0 amide bonds. The SMILES string of the molecule is c1ccc(-c2cccc(-n3c4ccccc4c4cc5c6c(c43)CCc3cccc(c36)n5-c3cccc(-c4nc(-c5ccccc5)nc(-c5ccccc5)n4)c3)c2)cc1. The highest BCUT2D eigenvalue weighted by atomic mass is 15.0. The number of fused-ring (bicyclic) bond motifs is 4. The van der Waals surface area contributed by atoms with E-state index in [1.807, 2.05) is 36.4 Å². The Bertz CT molecular complexity index is 3320. The Hall–Kier alpha value is -7.63. The van der Waals surface area contributed by atoms with Crippen LogP contribution in [0.5, 0.6) is 0 Å². The lowest BCUT2D eigenvalue weighted by Gasteiger charge is -2.17. The van der Waals surface area contributed by atoms with Crippen LogP contribution >= 0.6 is 0 Å². The van der Waals surface area contributed by atoms with Crippen molar-refractivity contribution in [1.29, 1.82) is 0 Å². The fraction of sp³-hybridized carbons (Fsp3) is 0.0377. The molecular weight excluding hydrogens is 707 g/mol. The summed E-state index contributed by atoms with van der Waals surface area (Å²) in [5, 5.41) is 5.21. The van der Waals surface area contributed by atoms with E-state index in [-0.39, 0.29) is 0 Å². The number of benzene rings is 8. The van der Waals surface area contributed by atoms with Crippen molar-refractivity contribution in [3.63, 3.8) is 0 Å². The predicted octanol–water partition coefficient (Wildman–Crippen LogP) is 12.8. The highest BCUT2D eigenvalue weighted by Crippen LogP contribution is 2.46. The van der Waals surface area contributed by atoms with E-state index in [1.54, 1.807) is 0 Å². The molecule has 12 rings (SSSR count). The maximum absolute atomic E-state index is 5.08. The zero-order chi connectivity index (χ0) is 38.2. The maximum Gasteiger partial charge on any atom is 0.164 e. The molecule has 8 aromatic carbocycles. The Balaban J connectivity index is 1.10. The molecule has 0 saturated heterocycles. The third-order valence-corrected chi connectivity index (χ3v) is 11.8. The van der Waals surface area contributed by atoms with Crippen LogP contribution in [-0.2, 0) is 12.8 Å². The minimum Gasteiger partial charge on any atom is -0.309 e. The van der Waals surface area contributed by atoms with Gasteiger partial charge in [-0.3, -0.25) is 0 Å². The van der Waals surface area contributed by atoms with Gasteiger partial charge in [0.2, 0.25) is 0 Å². The molecule has 0 saturated carbocycles. The van der Waals surface area contributed by atoms with E-state index >= 15 is 0 Å². The molecule has 58 heavy (non-hydrogen) atoms. The third kappa shape index (κ3) is 5.07. The average Bonchev–Trinajstić information content (AvgIpc) is 3.82. The summed E-state index contributed by atoms with van der Waals surface area (Å²) in [5.74, 6) is 1.95. The van der Waals surface area contributed by atoms with Crippen LogP contribution in [0.2, 0.25) is 0 Å². The van der Waals surface area contributed by atoms with Gasteiger partial charge in [-0.15, -0.1) is 0 Å². The quantitative estimate of drug-likeness (QED) is 0.170. The number of hydrogen-bond donors (Lipinski definition) is 0. The van der Waals surface area contributed by atoms with E-state index in [2.05, 4.69) is 161 Å². The van der Waals surface area contributed by atoms with Crippen LogP contribution in [-0.4, -0.2) is 24.1 Å². The molecule has 1 aliphatic carbocycles. The molecule has 272 valence electrons. The molecule has 11 aromatic rings. The summed E-state index contributed by atoms with van der Waals surface area (Å²) in [7, 11) is 0. The van der Waals surface area contributed by atoms with E-state index in [0.29, 0.717) is 17.5 Å². The second-order valence-electron chi connectivity index (χ2n) is 15.1. The summed E-state index contributed by atoms with van der Waals surface area (Å²) in [5.41, 5.74) is 15.3. The van der Waals surface area contributed by atoms with Gasteiger partial charge in [-0.1, -0.05) is 146 Å². The number of nitrogens with zero attached hydrogens (tertiary/aromatic N) is 5. The number of para-hydroxylation sites is 1. The van der Waals surface area contributed by atoms with Gasteiger partial charge in [0, 0.05) is 49.6 Å². The molecule has 1 aliphatic rings. The van der Waals surface area contributed by atoms with Crippen molar-refractivity contribution >= 4 is 43.6 Å². The van der Waals surface area contributed by atoms with Crippen LogP contribution < -0.4 is 0 Å². The molecular formula is C53H35N5. The molecule has 5 heteroatoms. The van der Waals surface area contributed by atoms with E-state index in [1.165, 1.54) is 71.6 Å². The molecule has 0 spiro atoms. The lowest BCUT2D eigenvalue weighted by molar-refractivity contribution is 0.969. The Morgan fingerprint density at radius 3 is 1.59 bits per heavy atom. The highest BCUT2D eigenvalue weighted by molar-refractivity contribution is 6.22. The van der Waals surface area contributed by atoms with Crippen molar-refractivity contribution in [1.82, 2.24) is 24.1 Å². The lowest BCUT2D eigenvalue weighted by Crippen LogP contribution is -2.03. The molecule has 3 aromatic heterocycles. The normalized spacial score (nSPS) is 12.3. The molecule has 0 unspecified atom stereocenters. The Kier molecular flexibility index (Phi) is 7.29. The summed E-state index contributed by atoms with van der Waals surface area (Å²) in [4.78, 5) is 15.1. The zero-order valence-electron chi connectivity index (χ0n) is 31.5. The molecule has 0 atom stereocenters. The molecule has 0 aliphatic heterocycles. The smallest absolute Gasteiger partial charge is 0.164 e. The van der Waals surface area contributed by atoms with Crippen LogP contribution in [0, 0.1) is 0 Å². The van der Waals surface area contributed by atoms with Gasteiger partial charge in [-0.2, -0.15) is 0 Å². The van der Waals surface area contributed by atoms with Gasteiger partial charge in [0.15, 0.2) is 17.5 Å². The topological polar surface area (TPSA) is 48.5 Å². The number of aryl methyl sites for hydroxylation is 2. The molecule has 3 heterocycles. The Labute approximate surface area is 335 Å². The third-order valence-electron chi connectivity index (χ3n) is 11.8. The zero-order valence-corrected chi connectivity index (χ0v) is 31.5. The van der Waals surface area contributed by atoms with E-state index in [9.17, 15) is 0 Å². The van der Waals surface area contributed by atoms with Crippen molar-refractivity contribution in [2.45, 2.75) is 12.8 Å². The molecule has 0 radical (unpaired) electrons. The van der Waals surface area contributed by atoms with Crippen LogP contribution in [0.4, 0.5) is 0 Å². The summed E-state index contributed by atoms with van der Waals surface area (Å²) >= 11 is 0. The molecule has 5 nitrogen and oxygen atoms in total. The first kappa shape index (κ1) is 32.6. The lowest BCUT2D eigenvalue weighted by atomic mass is 9.89. The average molecular weight is 742 g/mol. The number of aromatic nitrogens is 5. The van der Waals surface area contributed by atoms with E-state index < -0.39 is 0 Å². The fourth-order valence-corrected chi connectivity index (χ4v) is 9.27. The van der Waals surface area contributed by atoms with Crippen molar-refractivity contribution < 1.29 is 0 Å². The summed E-state index contributed by atoms with van der Waals surface area (Å²) in [6.45, 7) is 0. The number of rotatable bonds is 6. The van der Waals surface area contributed by atoms with Gasteiger partial charge in [0.25, 0.3) is 0 Å². The van der Waals surface area contributed by atoms with E-state index in [0.717, 1.165) is 35.2 Å². The first-order chi connectivity index (χ1) is 28.8. The second-order valence-corrected chi connectivity index (χ2v) is 15.1. The second kappa shape index (κ2) is 13.0. The van der Waals surface area contributed by atoms with Gasteiger partial charge in [-0.05, 0) is 77.6 Å². The van der Waals surface area contributed by atoms with Crippen LogP contribution in [0.1, 0.15) is 11.1 Å². The van der Waals surface area contributed by atoms with Crippen LogP contribution in [0.3, 0.4) is 0 Å². The Morgan fingerprint density at radius 1 is 0.345 bits per heavy atom. The van der Waals surface area contributed by atoms with Crippen molar-refractivity contribution in [3.05, 3.63) is 199 Å². The fourth-order valence-electron chi connectivity index (χ4n) is 9.27. The van der Waals surface area contributed by atoms with Gasteiger partial charge < -0.3 is 9.13 Å². The van der Waals surface area contributed by atoms with Crippen LogP contribution in [0.25, 0.3) is 100 Å².